The third-order valence-electron chi connectivity index (χ3n) is 2.78. The monoisotopic (exact) mass is 333 g/mol. The van der Waals surface area contributed by atoms with Gasteiger partial charge in [-0.1, -0.05) is 0 Å². The largest absolute Gasteiger partial charge is 0.372 e. The molecule has 5 nitrogen and oxygen atoms in total. The van der Waals surface area contributed by atoms with Gasteiger partial charge in [0.05, 0.1) is 21.6 Å². The van der Waals surface area contributed by atoms with Crippen molar-refractivity contribution < 1.29 is 4.39 Å². The highest BCUT2D eigenvalue weighted by Crippen LogP contribution is 2.30. The molecule has 3 rings (SSSR count). The number of nitrogens with one attached hydrogen (secondary N) is 1. The van der Waals surface area contributed by atoms with Crippen molar-refractivity contribution in [1.82, 2.24) is 19.9 Å². The van der Waals surface area contributed by atoms with Crippen LogP contribution >= 0.6 is 15.9 Å². The number of nitrogens with zero attached hydrogens (tertiary/aromatic N) is 4. The van der Waals surface area contributed by atoms with Crippen LogP contribution in [0.15, 0.2) is 35.2 Å². The lowest BCUT2D eigenvalue weighted by molar-refractivity contribution is 0.633. The van der Waals surface area contributed by atoms with Gasteiger partial charge in [-0.15, -0.1) is 0 Å². The van der Waals surface area contributed by atoms with Crippen molar-refractivity contribution in [3.05, 3.63) is 41.0 Å². The third-order valence-corrected chi connectivity index (χ3v) is 3.40. The molecular weight excluding hydrogens is 325 g/mol. The Bertz CT molecular complexity index is 779. The zero-order valence-electron chi connectivity index (χ0n) is 10.4. The van der Waals surface area contributed by atoms with Gasteiger partial charge in [-0.2, -0.15) is 0 Å². The van der Waals surface area contributed by atoms with Crippen LogP contribution in [0.1, 0.15) is 0 Å². The van der Waals surface area contributed by atoms with Gasteiger partial charge in [0.25, 0.3) is 0 Å². The summed E-state index contributed by atoms with van der Waals surface area (Å²) in [7, 11) is 1.68. The standard InChI is InChI=1S/C13H9BrFN5/c1-16-13-10-8(3-2-7(14)11(10)15)19-12(20-13)9-6-17-4-5-18-9/h2-6H,1H3,(H,16,19,20). The molecule has 1 N–H and O–H groups in total. The Kier molecular flexibility index (Phi) is 3.27. The van der Waals surface area contributed by atoms with Crippen LogP contribution < -0.4 is 5.32 Å². The molecule has 0 spiro atoms. The first-order chi connectivity index (χ1) is 9.70. The van der Waals surface area contributed by atoms with Gasteiger partial charge in [-0.3, -0.25) is 4.98 Å². The van der Waals surface area contributed by atoms with E-state index >= 15 is 0 Å². The van der Waals surface area contributed by atoms with Crippen molar-refractivity contribution in [1.29, 1.82) is 0 Å². The normalized spacial score (nSPS) is 10.8. The minimum absolute atomic E-state index is 0.342. The maximum atomic E-state index is 14.2. The summed E-state index contributed by atoms with van der Waals surface area (Å²) in [6.45, 7) is 0. The molecule has 0 aliphatic heterocycles. The molecule has 7 heteroatoms. The van der Waals surface area contributed by atoms with Crippen LogP contribution in [0, 0.1) is 5.82 Å². The molecule has 0 fully saturated rings. The van der Waals surface area contributed by atoms with Gasteiger partial charge >= 0.3 is 0 Å². The number of rotatable bonds is 2. The van der Waals surface area contributed by atoms with E-state index in [0.717, 1.165) is 0 Å². The fraction of sp³-hybridized carbons (Fsp3) is 0.0769. The molecule has 0 saturated carbocycles. The lowest BCUT2D eigenvalue weighted by atomic mass is 10.2. The predicted molar refractivity (Wildman–Crippen MR) is 77.8 cm³/mol. The fourth-order valence-corrected chi connectivity index (χ4v) is 2.20. The van der Waals surface area contributed by atoms with Crippen molar-refractivity contribution in [2.45, 2.75) is 0 Å². The predicted octanol–water partition coefficient (Wildman–Crippen LogP) is 3.03. The Morgan fingerprint density at radius 3 is 2.75 bits per heavy atom. The van der Waals surface area contributed by atoms with Gasteiger partial charge < -0.3 is 5.32 Å². The Balaban J connectivity index is 2.31. The van der Waals surface area contributed by atoms with E-state index in [1.165, 1.54) is 0 Å². The molecule has 3 aromatic rings. The second kappa shape index (κ2) is 5.09. The topological polar surface area (TPSA) is 63.6 Å². The molecule has 20 heavy (non-hydrogen) atoms. The van der Waals surface area contributed by atoms with E-state index in [2.05, 4.69) is 41.2 Å². The van der Waals surface area contributed by atoms with E-state index in [1.54, 1.807) is 37.8 Å². The Morgan fingerprint density at radius 1 is 1.20 bits per heavy atom. The Morgan fingerprint density at radius 2 is 2.05 bits per heavy atom. The molecule has 100 valence electrons. The molecule has 0 radical (unpaired) electrons. The first kappa shape index (κ1) is 12.9. The van der Waals surface area contributed by atoms with Gasteiger partial charge in [-0.05, 0) is 28.1 Å². The Labute approximate surface area is 122 Å². The van der Waals surface area contributed by atoms with Crippen LogP contribution in [0.25, 0.3) is 22.4 Å². The summed E-state index contributed by atoms with van der Waals surface area (Å²) in [4.78, 5) is 16.8. The second-order valence-corrected chi connectivity index (χ2v) is 4.85. The molecule has 2 heterocycles. The summed E-state index contributed by atoms with van der Waals surface area (Å²) in [5.74, 6) is 0.420. The maximum absolute atomic E-state index is 14.2. The highest BCUT2D eigenvalue weighted by atomic mass is 79.9. The van der Waals surface area contributed by atoms with Crippen LogP contribution in [0.3, 0.4) is 0 Å². The molecular formula is C13H9BrFN5. The second-order valence-electron chi connectivity index (χ2n) is 3.99. The minimum atomic E-state index is -0.391. The molecule has 0 unspecified atom stereocenters. The van der Waals surface area contributed by atoms with Crippen LogP contribution in [-0.4, -0.2) is 27.0 Å². The first-order valence-corrected chi connectivity index (χ1v) is 6.60. The summed E-state index contributed by atoms with van der Waals surface area (Å²) in [6, 6.07) is 3.34. The van der Waals surface area contributed by atoms with Crippen LogP contribution in [0.4, 0.5) is 10.2 Å². The number of aromatic nitrogens is 4. The van der Waals surface area contributed by atoms with E-state index in [0.29, 0.717) is 32.7 Å². The van der Waals surface area contributed by atoms with Crippen LogP contribution in [0.2, 0.25) is 0 Å². The molecule has 2 aromatic heterocycles. The van der Waals surface area contributed by atoms with E-state index in [1.807, 2.05) is 0 Å². The van der Waals surface area contributed by atoms with E-state index in [4.69, 9.17) is 0 Å². The van der Waals surface area contributed by atoms with Gasteiger partial charge in [0.2, 0.25) is 0 Å². The van der Waals surface area contributed by atoms with Crippen LogP contribution in [0.5, 0.6) is 0 Å². The minimum Gasteiger partial charge on any atom is -0.372 e. The van der Waals surface area contributed by atoms with Crippen molar-refractivity contribution in [2.24, 2.45) is 0 Å². The van der Waals surface area contributed by atoms with Crippen molar-refractivity contribution in [2.75, 3.05) is 12.4 Å². The molecule has 0 amide bonds. The summed E-state index contributed by atoms with van der Waals surface area (Å²) < 4.78 is 14.6. The zero-order chi connectivity index (χ0) is 14.1. The van der Waals surface area contributed by atoms with E-state index in [9.17, 15) is 4.39 Å². The summed E-state index contributed by atoms with van der Waals surface area (Å²) in [6.07, 6.45) is 4.69. The molecule has 0 atom stereocenters. The van der Waals surface area contributed by atoms with Crippen molar-refractivity contribution in [3.63, 3.8) is 0 Å². The smallest absolute Gasteiger partial charge is 0.182 e. The lowest BCUT2D eigenvalue weighted by Crippen LogP contribution is -2.01. The van der Waals surface area contributed by atoms with Crippen LogP contribution in [-0.2, 0) is 0 Å². The average Bonchev–Trinajstić information content (AvgIpc) is 2.50. The van der Waals surface area contributed by atoms with Crippen molar-refractivity contribution in [3.8, 4) is 11.5 Å². The van der Waals surface area contributed by atoms with E-state index < -0.39 is 5.82 Å². The van der Waals surface area contributed by atoms with Crippen molar-refractivity contribution >= 4 is 32.7 Å². The fourth-order valence-electron chi connectivity index (χ4n) is 1.87. The molecule has 0 aliphatic rings. The molecule has 0 saturated heterocycles. The zero-order valence-corrected chi connectivity index (χ0v) is 12.0. The highest BCUT2D eigenvalue weighted by molar-refractivity contribution is 9.10. The molecule has 0 bridgehead atoms. The number of fused-ring (bicyclic) bond motifs is 1. The van der Waals surface area contributed by atoms with Gasteiger partial charge in [0.1, 0.15) is 17.3 Å². The first-order valence-electron chi connectivity index (χ1n) is 5.80. The summed E-state index contributed by atoms with van der Waals surface area (Å²) >= 11 is 3.16. The maximum Gasteiger partial charge on any atom is 0.182 e. The quantitative estimate of drug-likeness (QED) is 0.780. The number of hydrogen-bond acceptors (Lipinski definition) is 5. The number of hydrogen-bond donors (Lipinski definition) is 1. The van der Waals surface area contributed by atoms with Gasteiger partial charge in [-0.25, -0.2) is 19.3 Å². The van der Waals surface area contributed by atoms with Gasteiger partial charge in [0.15, 0.2) is 5.82 Å². The molecule has 1 aromatic carbocycles. The summed E-state index contributed by atoms with van der Waals surface area (Å²) in [5, 5.41) is 3.23. The SMILES string of the molecule is CNc1nc(-c2cnccn2)nc2ccc(Br)c(F)c12. The Hall–Kier alpha value is -2.15. The van der Waals surface area contributed by atoms with E-state index in [-0.39, 0.29) is 0 Å². The number of benzene rings is 1. The lowest BCUT2D eigenvalue weighted by Gasteiger charge is -2.09. The number of halogens is 2. The molecule has 0 aliphatic carbocycles. The van der Waals surface area contributed by atoms with Gasteiger partial charge in [0, 0.05) is 19.4 Å². The summed E-state index contributed by atoms with van der Waals surface area (Å²) in [5.41, 5.74) is 1.04. The third kappa shape index (κ3) is 2.09. The average molecular weight is 334 g/mol. The number of anilines is 1. The highest BCUT2D eigenvalue weighted by Gasteiger charge is 2.15.